The summed E-state index contributed by atoms with van der Waals surface area (Å²) < 4.78 is 42.5. The first-order valence-corrected chi connectivity index (χ1v) is 11.3. The van der Waals surface area contributed by atoms with Crippen LogP contribution in [0.4, 0.5) is 13.2 Å². The van der Waals surface area contributed by atoms with Gasteiger partial charge in [-0.3, -0.25) is 4.79 Å². The van der Waals surface area contributed by atoms with Crippen LogP contribution in [0.1, 0.15) is 34.3 Å². The lowest BCUT2D eigenvalue weighted by Gasteiger charge is -2.42. The summed E-state index contributed by atoms with van der Waals surface area (Å²) in [7, 11) is 3.55. The first-order valence-electron chi connectivity index (χ1n) is 11.3. The van der Waals surface area contributed by atoms with Crippen molar-refractivity contribution in [2.45, 2.75) is 32.9 Å². The van der Waals surface area contributed by atoms with E-state index in [-0.39, 0.29) is 11.3 Å². The van der Waals surface area contributed by atoms with E-state index < -0.39 is 12.1 Å². The summed E-state index contributed by atoms with van der Waals surface area (Å²) in [5.41, 5.74) is 3.49. The topological polar surface area (TPSA) is 79.3 Å². The Morgan fingerprint density at radius 2 is 1.74 bits per heavy atom. The lowest BCUT2D eigenvalue weighted by atomic mass is 9.71. The molecule has 0 saturated carbocycles. The van der Waals surface area contributed by atoms with E-state index in [1.807, 2.05) is 23.1 Å². The largest absolute Gasteiger partial charge is 0.490 e. The van der Waals surface area contributed by atoms with Crippen molar-refractivity contribution in [1.29, 1.82) is 0 Å². The van der Waals surface area contributed by atoms with Crippen molar-refractivity contribution < 1.29 is 37.3 Å². The first kappa shape index (κ1) is 28.1. The van der Waals surface area contributed by atoms with Crippen molar-refractivity contribution in [3.8, 4) is 0 Å². The maximum atomic E-state index is 13.0. The number of methoxy groups -OCH3 is 2. The molecule has 10 heteroatoms. The third-order valence-electron chi connectivity index (χ3n) is 6.91. The number of aryl methyl sites for hydroxylation is 2. The van der Waals surface area contributed by atoms with Gasteiger partial charge in [-0.2, -0.15) is 13.2 Å². The second-order valence-electron chi connectivity index (χ2n) is 9.14. The number of carboxylic acid groups (broad SMARTS) is 1. The molecule has 0 bridgehead atoms. The van der Waals surface area contributed by atoms with E-state index in [1.54, 1.807) is 14.2 Å². The molecular weight excluding hydrogens is 453 g/mol. The van der Waals surface area contributed by atoms with Gasteiger partial charge < -0.3 is 24.4 Å². The molecule has 7 nitrogen and oxygen atoms in total. The highest BCUT2D eigenvalue weighted by atomic mass is 19.4. The van der Waals surface area contributed by atoms with Gasteiger partial charge in [-0.25, -0.2) is 4.79 Å². The Hall–Kier alpha value is -2.17. The fourth-order valence-corrected chi connectivity index (χ4v) is 4.74. The summed E-state index contributed by atoms with van der Waals surface area (Å²) in [5, 5.41) is 7.12. The van der Waals surface area contributed by atoms with Crippen molar-refractivity contribution >= 4 is 11.9 Å². The number of amides is 1. The number of likely N-dealkylation sites (tertiary alicyclic amines) is 2. The molecule has 1 atom stereocenters. The molecule has 1 spiro atoms. The van der Waals surface area contributed by atoms with Gasteiger partial charge in [0.15, 0.2) is 0 Å². The number of carbonyl (C=O) groups excluding carboxylic acids is 1. The number of benzene rings is 1. The van der Waals surface area contributed by atoms with Gasteiger partial charge in [0.1, 0.15) is 0 Å². The number of rotatable bonds is 6. The summed E-state index contributed by atoms with van der Waals surface area (Å²) in [4.78, 5) is 26.4. The number of alkyl halides is 3. The van der Waals surface area contributed by atoms with Crippen LogP contribution in [-0.4, -0.2) is 93.1 Å². The van der Waals surface area contributed by atoms with Crippen molar-refractivity contribution in [3.05, 3.63) is 34.9 Å². The molecule has 2 saturated heterocycles. The Labute approximate surface area is 198 Å². The van der Waals surface area contributed by atoms with Crippen LogP contribution < -0.4 is 0 Å². The van der Waals surface area contributed by atoms with Crippen LogP contribution >= 0.6 is 0 Å². The zero-order chi connectivity index (χ0) is 25.5. The van der Waals surface area contributed by atoms with E-state index in [1.165, 1.54) is 11.1 Å². The highest BCUT2D eigenvalue weighted by Gasteiger charge is 2.48. The molecule has 34 heavy (non-hydrogen) atoms. The van der Waals surface area contributed by atoms with E-state index in [0.717, 1.165) is 64.3 Å². The number of piperidine rings is 1. The Bertz CT molecular complexity index is 838. The standard InChI is InChI=1S/C22H34N2O3.C2HF3O2/c1-17-5-6-19(13-18(17)2)21(25)24-9-7-22(8-10-24)16-23(11-12-26-3)14-20(22)15-27-4;3-2(4,5)1(6)7/h5-6,13,20H,7-12,14-16H2,1-4H3;(H,6,7). The monoisotopic (exact) mass is 488 g/mol. The van der Waals surface area contributed by atoms with Gasteiger partial charge in [0, 0.05) is 58.4 Å². The van der Waals surface area contributed by atoms with Crippen molar-refractivity contribution in [3.63, 3.8) is 0 Å². The molecule has 3 rings (SSSR count). The van der Waals surface area contributed by atoms with Gasteiger partial charge in [0.25, 0.3) is 5.91 Å². The summed E-state index contributed by atoms with van der Waals surface area (Å²) >= 11 is 0. The summed E-state index contributed by atoms with van der Waals surface area (Å²) in [6.45, 7) is 10.5. The molecule has 1 N–H and O–H groups in total. The minimum Gasteiger partial charge on any atom is -0.475 e. The van der Waals surface area contributed by atoms with E-state index in [2.05, 4.69) is 18.7 Å². The lowest BCUT2D eigenvalue weighted by molar-refractivity contribution is -0.192. The van der Waals surface area contributed by atoms with E-state index in [9.17, 15) is 18.0 Å². The molecule has 1 amide bonds. The Balaban J connectivity index is 0.000000509. The molecule has 1 aromatic carbocycles. The number of carbonyl (C=O) groups is 2. The molecule has 1 unspecified atom stereocenters. The van der Waals surface area contributed by atoms with E-state index in [4.69, 9.17) is 19.4 Å². The average molecular weight is 489 g/mol. The molecular formula is C24H35F3N2O5. The number of ether oxygens (including phenoxy) is 2. The molecule has 0 radical (unpaired) electrons. The normalized spacial score (nSPS) is 20.2. The van der Waals surface area contributed by atoms with Crippen LogP contribution in [0, 0.1) is 25.2 Å². The van der Waals surface area contributed by atoms with Gasteiger partial charge in [0.05, 0.1) is 13.2 Å². The van der Waals surface area contributed by atoms with Crippen molar-refractivity contribution in [1.82, 2.24) is 9.80 Å². The third-order valence-corrected chi connectivity index (χ3v) is 6.91. The van der Waals surface area contributed by atoms with Crippen LogP contribution in [-0.2, 0) is 14.3 Å². The quantitative estimate of drug-likeness (QED) is 0.662. The van der Waals surface area contributed by atoms with Crippen LogP contribution in [0.3, 0.4) is 0 Å². The summed E-state index contributed by atoms with van der Waals surface area (Å²) in [5.74, 6) is -2.05. The smallest absolute Gasteiger partial charge is 0.475 e. The highest BCUT2D eigenvalue weighted by molar-refractivity contribution is 5.94. The first-order chi connectivity index (χ1) is 15.9. The van der Waals surface area contributed by atoms with Crippen molar-refractivity contribution in [2.75, 3.05) is 60.2 Å². The number of hydrogen-bond acceptors (Lipinski definition) is 5. The lowest BCUT2D eigenvalue weighted by Crippen LogP contribution is -2.47. The van der Waals surface area contributed by atoms with E-state index in [0.29, 0.717) is 5.92 Å². The number of nitrogens with zero attached hydrogens (tertiary/aromatic N) is 2. The van der Waals surface area contributed by atoms with Crippen LogP contribution in [0.2, 0.25) is 0 Å². The van der Waals surface area contributed by atoms with Crippen LogP contribution in [0.5, 0.6) is 0 Å². The minimum atomic E-state index is -5.08. The zero-order valence-electron chi connectivity index (χ0n) is 20.3. The van der Waals surface area contributed by atoms with E-state index >= 15 is 0 Å². The molecule has 1 aromatic rings. The van der Waals surface area contributed by atoms with Gasteiger partial charge in [-0.15, -0.1) is 0 Å². The number of halogens is 3. The summed E-state index contributed by atoms with van der Waals surface area (Å²) in [6, 6.07) is 6.04. The van der Waals surface area contributed by atoms with Crippen LogP contribution in [0.25, 0.3) is 0 Å². The highest BCUT2D eigenvalue weighted by Crippen LogP contribution is 2.45. The third kappa shape index (κ3) is 7.16. The maximum absolute atomic E-state index is 13.0. The molecule has 2 fully saturated rings. The molecule has 0 aliphatic carbocycles. The fraction of sp³-hybridized carbons (Fsp3) is 0.667. The fourth-order valence-electron chi connectivity index (χ4n) is 4.74. The Morgan fingerprint density at radius 3 is 2.24 bits per heavy atom. The van der Waals surface area contributed by atoms with Gasteiger partial charge in [0.2, 0.25) is 0 Å². The molecule has 2 aliphatic rings. The van der Waals surface area contributed by atoms with Gasteiger partial charge >= 0.3 is 12.1 Å². The van der Waals surface area contributed by atoms with Crippen molar-refractivity contribution in [2.24, 2.45) is 11.3 Å². The Morgan fingerprint density at radius 1 is 1.12 bits per heavy atom. The SMILES string of the molecule is COCCN1CC(COC)C2(CCN(C(=O)c3ccc(C)c(C)c3)CC2)C1.O=C(O)C(F)(F)F. The van der Waals surface area contributed by atoms with Crippen LogP contribution in [0.15, 0.2) is 18.2 Å². The predicted molar refractivity (Wildman–Crippen MR) is 121 cm³/mol. The van der Waals surface area contributed by atoms with Gasteiger partial charge in [-0.05, 0) is 55.4 Å². The summed E-state index contributed by atoms with van der Waals surface area (Å²) in [6.07, 6.45) is -2.97. The molecule has 192 valence electrons. The van der Waals surface area contributed by atoms with Gasteiger partial charge in [-0.1, -0.05) is 6.07 Å². The number of carboxylic acids is 1. The second-order valence-corrected chi connectivity index (χ2v) is 9.14. The molecule has 2 aliphatic heterocycles. The molecule has 2 heterocycles. The zero-order valence-corrected chi connectivity index (χ0v) is 20.3. The number of aliphatic carboxylic acids is 1. The predicted octanol–water partition coefficient (Wildman–Crippen LogP) is 3.38. The average Bonchev–Trinajstić information content (AvgIpc) is 3.11. The second kappa shape index (κ2) is 12.0. The minimum absolute atomic E-state index is 0.172. The number of hydrogen-bond donors (Lipinski definition) is 1. The molecule has 0 aromatic heterocycles. The Kier molecular flexibility index (Phi) is 9.90. The maximum Gasteiger partial charge on any atom is 0.490 e.